The van der Waals surface area contributed by atoms with Gasteiger partial charge in [-0.2, -0.15) is 4.31 Å². The molecule has 0 amide bonds. The second-order valence-electron chi connectivity index (χ2n) is 7.16. The zero-order chi connectivity index (χ0) is 23.6. The van der Waals surface area contributed by atoms with Crippen molar-refractivity contribution in [3.05, 3.63) is 53.9 Å². The van der Waals surface area contributed by atoms with Gasteiger partial charge in [0.15, 0.2) is 5.13 Å². The Labute approximate surface area is 193 Å². The van der Waals surface area contributed by atoms with Crippen molar-refractivity contribution in [1.29, 1.82) is 0 Å². The SMILES string of the molecule is COc1cccc(-c2csc(N3CCN(S(=O)(=O)c4ccc(OC(F)(F)F)cc4)CC3)n2)c1. The number of halogens is 3. The molecule has 0 spiro atoms. The zero-order valence-corrected chi connectivity index (χ0v) is 19.1. The Kier molecular flexibility index (Phi) is 6.50. The fourth-order valence-electron chi connectivity index (χ4n) is 3.41. The van der Waals surface area contributed by atoms with Crippen molar-refractivity contribution in [1.82, 2.24) is 9.29 Å². The summed E-state index contributed by atoms with van der Waals surface area (Å²) in [5.41, 5.74) is 1.74. The number of rotatable bonds is 6. The highest BCUT2D eigenvalue weighted by molar-refractivity contribution is 7.89. The minimum atomic E-state index is -4.83. The molecule has 0 aliphatic carbocycles. The smallest absolute Gasteiger partial charge is 0.497 e. The number of anilines is 1. The van der Waals surface area contributed by atoms with E-state index in [-0.39, 0.29) is 18.0 Å². The minimum Gasteiger partial charge on any atom is -0.497 e. The Morgan fingerprint density at radius 1 is 1.00 bits per heavy atom. The first-order chi connectivity index (χ1) is 15.7. The zero-order valence-electron chi connectivity index (χ0n) is 17.4. The summed E-state index contributed by atoms with van der Waals surface area (Å²) >= 11 is 1.48. The molecule has 3 aromatic rings. The standard InChI is InChI=1S/C21H20F3N3O4S2/c1-30-17-4-2-3-15(13-17)19-14-32-20(25-19)26-9-11-27(12-10-26)33(28,29)18-7-5-16(6-8-18)31-21(22,23)24/h2-8,13-14H,9-12H2,1H3. The maximum atomic E-state index is 12.9. The number of ether oxygens (including phenoxy) is 2. The number of nitrogens with zero attached hydrogens (tertiary/aromatic N) is 3. The quantitative estimate of drug-likeness (QED) is 0.506. The van der Waals surface area contributed by atoms with E-state index in [0.717, 1.165) is 46.4 Å². The van der Waals surface area contributed by atoms with Crippen molar-refractivity contribution in [2.24, 2.45) is 0 Å². The number of hydrogen-bond donors (Lipinski definition) is 0. The highest BCUT2D eigenvalue weighted by Crippen LogP contribution is 2.31. The molecular weight excluding hydrogens is 479 g/mol. The number of thiazole rings is 1. The molecule has 12 heteroatoms. The Morgan fingerprint density at radius 2 is 1.70 bits per heavy atom. The van der Waals surface area contributed by atoms with Crippen LogP contribution in [-0.4, -0.2) is 57.4 Å². The van der Waals surface area contributed by atoms with E-state index in [1.54, 1.807) is 7.11 Å². The van der Waals surface area contributed by atoms with Gasteiger partial charge in [-0.25, -0.2) is 13.4 Å². The second kappa shape index (κ2) is 9.20. The Hall–Kier alpha value is -2.83. The van der Waals surface area contributed by atoms with Gasteiger partial charge in [-0.15, -0.1) is 24.5 Å². The summed E-state index contributed by atoms with van der Waals surface area (Å²) in [5.74, 6) is 0.265. The molecule has 0 unspecified atom stereocenters. The lowest BCUT2D eigenvalue weighted by Gasteiger charge is -2.33. The van der Waals surface area contributed by atoms with E-state index in [4.69, 9.17) is 4.74 Å². The number of methoxy groups -OCH3 is 1. The molecule has 0 atom stereocenters. The van der Waals surface area contributed by atoms with Gasteiger partial charge in [0, 0.05) is 37.1 Å². The number of benzene rings is 2. The molecule has 4 rings (SSSR count). The van der Waals surface area contributed by atoms with Crippen molar-refractivity contribution in [2.45, 2.75) is 11.3 Å². The van der Waals surface area contributed by atoms with Crippen LogP contribution in [-0.2, 0) is 10.0 Å². The second-order valence-corrected chi connectivity index (χ2v) is 9.93. The highest BCUT2D eigenvalue weighted by Gasteiger charge is 2.32. The first-order valence-electron chi connectivity index (χ1n) is 9.86. The van der Waals surface area contributed by atoms with Crippen LogP contribution in [0.25, 0.3) is 11.3 Å². The summed E-state index contributed by atoms with van der Waals surface area (Å²) in [6, 6.07) is 11.8. The van der Waals surface area contributed by atoms with Crippen LogP contribution >= 0.6 is 11.3 Å². The van der Waals surface area contributed by atoms with E-state index in [9.17, 15) is 21.6 Å². The van der Waals surface area contributed by atoms with Crippen molar-refractivity contribution in [2.75, 3.05) is 38.2 Å². The highest BCUT2D eigenvalue weighted by atomic mass is 32.2. The summed E-state index contributed by atoms with van der Waals surface area (Å²) in [5, 5.41) is 2.73. The largest absolute Gasteiger partial charge is 0.573 e. The van der Waals surface area contributed by atoms with Crippen LogP contribution in [0.1, 0.15) is 0 Å². The predicted molar refractivity (Wildman–Crippen MR) is 118 cm³/mol. The molecule has 1 aliphatic heterocycles. The topological polar surface area (TPSA) is 72.0 Å². The number of piperazine rings is 1. The normalized spacial score (nSPS) is 15.5. The molecule has 1 saturated heterocycles. The van der Waals surface area contributed by atoms with Crippen molar-refractivity contribution < 1.29 is 31.1 Å². The van der Waals surface area contributed by atoms with Gasteiger partial charge in [0.05, 0.1) is 17.7 Å². The van der Waals surface area contributed by atoms with E-state index < -0.39 is 22.1 Å². The molecule has 176 valence electrons. The first-order valence-corrected chi connectivity index (χ1v) is 12.2. The molecule has 0 saturated carbocycles. The minimum absolute atomic E-state index is 0.0833. The molecule has 2 heterocycles. The lowest BCUT2D eigenvalue weighted by molar-refractivity contribution is -0.274. The van der Waals surface area contributed by atoms with Crippen LogP contribution < -0.4 is 14.4 Å². The maximum Gasteiger partial charge on any atom is 0.573 e. The van der Waals surface area contributed by atoms with Gasteiger partial charge < -0.3 is 14.4 Å². The van der Waals surface area contributed by atoms with Crippen LogP contribution in [0.2, 0.25) is 0 Å². The third-order valence-corrected chi connectivity index (χ3v) is 7.88. The fourth-order valence-corrected chi connectivity index (χ4v) is 5.72. The van der Waals surface area contributed by atoms with Gasteiger partial charge in [0.25, 0.3) is 0 Å². The lowest BCUT2D eigenvalue weighted by atomic mass is 10.2. The van der Waals surface area contributed by atoms with E-state index in [1.807, 2.05) is 34.5 Å². The molecule has 7 nitrogen and oxygen atoms in total. The van der Waals surface area contributed by atoms with E-state index in [1.165, 1.54) is 15.6 Å². The summed E-state index contributed by atoms with van der Waals surface area (Å²) < 4.78 is 73.1. The van der Waals surface area contributed by atoms with E-state index in [2.05, 4.69) is 9.72 Å². The van der Waals surface area contributed by atoms with E-state index >= 15 is 0 Å². The summed E-state index contributed by atoms with van der Waals surface area (Å²) in [6.45, 7) is 1.35. The third kappa shape index (κ3) is 5.40. The number of aromatic nitrogens is 1. The predicted octanol–water partition coefficient (Wildman–Crippen LogP) is 4.23. The van der Waals surface area contributed by atoms with Crippen molar-refractivity contribution in [3.63, 3.8) is 0 Å². The average molecular weight is 500 g/mol. The molecule has 0 bridgehead atoms. The Balaban J connectivity index is 1.41. The van der Waals surface area contributed by atoms with Crippen molar-refractivity contribution in [3.8, 4) is 22.8 Å². The van der Waals surface area contributed by atoms with Crippen LogP contribution in [0, 0.1) is 0 Å². The van der Waals surface area contributed by atoms with Crippen LogP contribution in [0.15, 0.2) is 58.8 Å². The average Bonchev–Trinajstić information content (AvgIpc) is 3.29. The first kappa shape index (κ1) is 23.3. The fraction of sp³-hybridized carbons (Fsp3) is 0.286. The van der Waals surface area contributed by atoms with Gasteiger partial charge in [0.2, 0.25) is 10.0 Å². The van der Waals surface area contributed by atoms with E-state index in [0.29, 0.717) is 13.1 Å². The third-order valence-electron chi connectivity index (χ3n) is 5.06. The number of hydrogen-bond acceptors (Lipinski definition) is 7. The molecule has 33 heavy (non-hydrogen) atoms. The molecule has 2 aromatic carbocycles. The lowest BCUT2D eigenvalue weighted by Crippen LogP contribution is -2.48. The molecule has 1 fully saturated rings. The Bertz CT molecular complexity index is 1210. The molecule has 0 N–H and O–H groups in total. The molecule has 1 aromatic heterocycles. The molecular formula is C21H20F3N3O4S2. The van der Waals surface area contributed by atoms with Gasteiger partial charge >= 0.3 is 6.36 Å². The molecule has 0 radical (unpaired) electrons. The van der Waals surface area contributed by atoms with Crippen molar-refractivity contribution >= 4 is 26.5 Å². The van der Waals surface area contributed by atoms with Crippen LogP contribution in [0.3, 0.4) is 0 Å². The number of sulfonamides is 1. The van der Waals surface area contributed by atoms with Gasteiger partial charge in [-0.05, 0) is 36.4 Å². The van der Waals surface area contributed by atoms with Gasteiger partial charge in [0.1, 0.15) is 11.5 Å². The number of alkyl halides is 3. The summed E-state index contributed by atoms with van der Waals surface area (Å²) in [7, 11) is -2.23. The molecule has 1 aliphatic rings. The summed E-state index contributed by atoms with van der Waals surface area (Å²) in [6.07, 6.45) is -4.83. The van der Waals surface area contributed by atoms with Crippen LogP contribution in [0.5, 0.6) is 11.5 Å². The van der Waals surface area contributed by atoms with Crippen LogP contribution in [0.4, 0.5) is 18.3 Å². The van der Waals surface area contributed by atoms with Gasteiger partial charge in [-0.1, -0.05) is 12.1 Å². The summed E-state index contributed by atoms with van der Waals surface area (Å²) in [4.78, 5) is 6.61. The maximum absolute atomic E-state index is 12.9. The van der Waals surface area contributed by atoms with Gasteiger partial charge in [-0.3, -0.25) is 0 Å². The monoisotopic (exact) mass is 499 g/mol. The Morgan fingerprint density at radius 3 is 2.33 bits per heavy atom.